The Hall–Kier alpha value is -1.02. The van der Waals surface area contributed by atoms with Crippen LogP contribution in [-0.2, 0) is 11.8 Å². The topological polar surface area (TPSA) is 21.3 Å². The first-order chi connectivity index (χ1) is 9.30. The van der Waals surface area contributed by atoms with E-state index >= 15 is 0 Å². The van der Waals surface area contributed by atoms with Crippen molar-refractivity contribution in [2.24, 2.45) is 5.92 Å². The van der Waals surface area contributed by atoms with Gasteiger partial charge in [0.05, 0.1) is 7.11 Å². The molecule has 2 unspecified atom stereocenters. The third kappa shape index (κ3) is 2.27. The zero-order valence-corrected chi connectivity index (χ0v) is 12.2. The molecule has 2 heteroatoms. The minimum Gasteiger partial charge on any atom is -0.497 e. The van der Waals surface area contributed by atoms with Crippen molar-refractivity contribution in [3.8, 4) is 5.75 Å². The van der Waals surface area contributed by atoms with Crippen LogP contribution >= 0.6 is 0 Å². The molecule has 2 atom stereocenters. The van der Waals surface area contributed by atoms with Crippen LogP contribution in [0.5, 0.6) is 5.75 Å². The van der Waals surface area contributed by atoms with Crippen molar-refractivity contribution in [1.29, 1.82) is 0 Å². The van der Waals surface area contributed by atoms with E-state index in [-0.39, 0.29) is 0 Å². The molecule has 1 aromatic rings. The molecule has 2 aliphatic rings. The lowest BCUT2D eigenvalue weighted by Crippen LogP contribution is -2.25. The Labute approximate surface area is 116 Å². The van der Waals surface area contributed by atoms with E-state index in [4.69, 9.17) is 4.74 Å². The lowest BCUT2D eigenvalue weighted by molar-refractivity contribution is 0.410. The van der Waals surface area contributed by atoms with E-state index in [1.165, 1.54) is 38.6 Å². The van der Waals surface area contributed by atoms with Crippen LogP contribution in [-0.4, -0.2) is 20.2 Å². The molecule has 0 saturated heterocycles. The quantitative estimate of drug-likeness (QED) is 0.819. The van der Waals surface area contributed by atoms with Crippen LogP contribution in [0.15, 0.2) is 18.2 Å². The minimum absolute atomic E-state index is 0.475. The van der Waals surface area contributed by atoms with Crippen LogP contribution in [0, 0.1) is 5.92 Å². The first kappa shape index (κ1) is 13.0. The molecule has 104 valence electrons. The molecule has 19 heavy (non-hydrogen) atoms. The first-order valence-electron chi connectivity index (χ1n) is 7.68. The van der Waals surface area contributed by atoms with E-state index < -0.39 is 0 Å². The van der Waals surface area contributed by atoms with Crippen molar-refractivity contribution < 1.29 is 4.74 Å². The van der Waals surface area contributed by atoms with Crippen LogP contribution in [0.1, 0.15) is 43.7 Å². The zero-order valence-electron chi connectivity index (χ0n) is 12.2. The number of benzene rings is 1. The predicted octanol–water partition coefficient (Wildman–Crippen LogP) is 3.29. The van der Waals surface area contributed by atoms with Gasteiger partial charge in [-0.15, -0.1) is 0 Å². The molecular formula is C17H25NO. The highest BCUT2D eigenvalue weighted by atomic mass is 16.5. The Bertz CT molecular complexity index is 457. The smallest absolute Gasteiger partial charge is 0.119 e. The van der Waals surface area contributed by atoms with E-state index in [9.17, 15) is 0 Å². The maximum absolute atomic E-state index is 5.42. The highest BCUT2D eigenvalue weighted by Gasteiger charge is 2.55. The number of nitrogens with one attached hydrogen (secondary N) is 1. The second kappa shape index (κ2) is 5.16. The molecule has 1 aromatic carbocycles. The number of aryl methyl sites for hydroxylation is 1. The van der Waals surface area contributed by atoms with E-state index in [2.05, 4.69) is 30.4 Å². The fraction of sp³-hybridized carbons (Fsp3) is 0.647. The molecule has 0 aliphatic heterocycles. The van der Waals surface area contributed by atoms with Crippen molar-refractivity contribution in [2.45, 2.75) is 44.4 Å². The van der Waals surface area contributed by atoms with Gasteiger partial charge in [-0.25, -0.2) is 0 Å². The van der Waals surface area contributed by atoms with Crippen molar-refractivity contribution in [2.75, 3.05) is 20.2 Å². The molecule has 0 heterocycles. The van der Waals surface area contributed by atoms with Crippen LogP contribution < -0.4 is 10.1 Å². The van der Waals surface area contributed by atoms with E-state index in [0.29, 0.717) is 5.41 Å². The SMILES string of the molecule is CCCNCC1CC12CCCc1ccc(OC)cc12. The van der Waals surface area contributed by atoms with Gasteiger partial charge in [0.2, 0.25) is 0 Å². The summed E-state index contributed by atoms with van der Waals surface area (Å²) in [5.41, 5.74) is 3.62. The maximum atomic E-state index is 5.42. The van der Waals surface area contributed by atoms with E-state index in [1.54, 1.807) is 18.2 Å². The van der Waals surface area contributed by atoms with Crippen molar-refractivity contribution in [1.82, 2.24) is 5.32 Å². The molecule has 1 N–H and O–H groups in total. The van der Waals surface area contributed by atoms with Gasteiger partial charge in [0.15, 0.2) is 0 Å². The van der Waals surface area contributed by atoms with Gasteiger partial charge in [-0.05, 0) is 74.4 Å². The molecule has 1 spiro atoms. The number of hydrogen-bond acceptors (Lipinski definition) is 2. The molecule has 0 radical (unpaired) electrons. The summed E-state index contributed by atoms with van der Waals surface area (Å²) in [6.45, 7) is 4.57. The minimum atomic E-state index is 0.475. The van der Waals surface area contributed by atoms with Gasteiger partial charge in [-0.1, -0.05) is 13.0 Å². The average Bonchev–Trinajstić information content (AvgIpc) is 3.13. The fourth-order valence-corrected chi connectivity index (χ4v) is 3.83. The van der Waals surface area contributed by atoms with Crippen LogP contribution in [0.25, 0.3) is 0 Å². The fourth-order valence-electron chi connectivity index (χ4n) is 3.83. The van der Waals surface area contributed by atoms with Crippen molar-refractivity contribution in [3.63, 3.8) is 0 Å². The number of hydrogen-bond donors (Lipinski definition) is 1. The highest BCUT2D eigenvalue weighted by molar-refractivity contribution is 5.46. The van der Waals surface area contributed by atoms with Gasteiger partial charge in [0.25, 0.3) is 0 Å². The average molecular weight is 259 g/mol. The number of rotatable bonds is 5. The molecule has 0 bridgehead atoms. The summed E-state index contributed by atoms with van der Waals surface area (Å²) in [6, 6.07) is 6.70. The Morgan fingerprint density at radius 1 is 1.42 bits per heavy atom. The van der Waals surface area contributed by atoms with Gasteiger partial charge < -0.3 is 10.1 Å². The van der Waals surface area contributed by atoms with Gasteiger partial charge in [0.1, 0.15) is 5.75 Å². The summed E-state index contributed by atoms with van der Waals surface area (Å²) >= 11 is 0. The van der Waals surface area contributed by atoms with Crippen molar-refractivity contribution in [3.05, 3.63) is 29.3 Å². The molecule has 2 aliphatic carbocycles. The maximum Gasteiger partial charge on any atom is 0.119 e. The summed E-state index contributed by atoms with van der Waals surface area (Å²) in [4.78, 5) is 0. The van der Waals surface area contributed by atoms with Gasteiger partial charge in [0, 0.05) is 5.41 Å². The molecular weight excluding hydrogens is 234 g/mol. The Kier molecular flexibility index (Phi) is 3.53. The third-order valence-electron chi connectivity index (χ3n) is 4.97. The molecule has 0 amide bonds. The van der Waals surface area contributed by atoms with Gasteiger partial charge in [-0.2, -0.15) is 0 Å². The van der Waals surface area contributed by atoms with Crippen LogP contribution in [0.2, 0.25) is 0 Å². The second-order valence-electron chi connectivity index (χ2n) is 6.14. The second-order valence-corrected chi connectivity index (χ2v) is 6.14. The number of ether oxygens (including phenoxy) is 1. The van der Waals surface area contributed by atoms with Crippen LogP contribution in [0.3, 0.4) is 0 Å². The van der Waals surface area contributed by atoms with Crippen LogP contribution in [0.4, 0.5) is 0 Å². The molecule has 1 saturated carbocycles. The van der Waals surface area contributed by atoms with Gasteiger partial charge >= 0.3 is 0 Å². The molecule has 1 fully saturated rings. The van der Waals surface area contributed by atoms with Gasteiger partial charge in [-0.3, -0.25) is 0 Å². The third-order valence-corrected chi connectivity index (χ3v) is 4.97. The monoisotopic (exact) mass is 259 g/mol. The summed E-state index contributed by atoms with van der Waals surface area (Å²) in [7, 11) is 1.77. The Balaban J connectivity index is 1.79. The normalized spacial score (nSPS) is 28.2. The Morgan fingerprint density at radius 2 is 2.32 bits per heavy atom. The molecule has 3 rings (SSSR count). The molecule has 0 aromatic heterocycles. The summed E-state index contributed by atoms with van der Waals surface area (Å²) in [6.07, 6.45) is 6.56. The van der Waals surface area contributed by atoms with E-state index in [1.807, 2.05) is 0 Å². The summed E-state index contributed by atoms with van der Waals surface area (Å²) in [5.74, 6) is 1.86. The largest absolute Gasteiger partial charge is 0.497 e. The standard InChI is InChI=1S/C17H25NO/c1-3-9-18-12-14-11-17(14)8-4-5-13-6-7-15(19-2)10-16(13)17/h6-7,10,14,18H,3-5,8-9,11-12H2,1-2H3. The number of fused-ring (bicyclic) bond motifs is 2. The lowest BCUT2D eigenvalue weighted by atomic mass is 9.78. The lowest BCUT2D eigenvalue weighted by Gasteiger charge is -2.27. The highest BCUT2D eigenvalue weighted by Crippen LogP contribution is 2.60. The zero-order chi connectivity index (χ0) is 13.3. The number of methoxy groups -OCH3 is 1. The molecule has 2 nitrogen and oxygen atoms in total. The summed E-state index contributed by atoms with van der Waals surface area (Å²) < 4.78 is 5.42. The predicted molar refractivity (Wildman–Crippen MR) is 78.9 cm³/mol. The Morgan fingerprint density at radius 3 is 3.11 bits per heavy atom. The van der Waals surface area contributed by atoms with E-state index in [0.717, 1.165) is 18.2 Å². The summed E-state index contributed by atoms with van der Waals surface area (Å²) in [5, 5.41) is 3.60. The van der Waals surface area contributed by atoms with Crippen molar-refractivity contribution >= 4 is 0 Å². The first-order valence-corrected chi connectivity index (χ1v) is 7.68.